The number of furan rings is 1. The highest BCUT2D eigenvalue weighted by molar-refractivity contribution is 9.10. The average Bonchev–Trinajstić information content (AvgIpc) is 3.49. The van der Waals surface area contributed by atoms with Crippen LogP contribution in [0.2, 0.25) is 0 Å². The summed E-state index contributed by atoms with van der Waals surface area (Å²) in [4.78, 5) is 24.4. The van der Waals surface area contributed by atoms with E-state index in [0.717, 1.165) is 26.7 Å². The number of benzene rings is 3. The minimum absolute atomic E-state index is 0.0299. The second kappa shape index (κ2) is 10.9. The molecule has 0 fully saturated rings. The molecule has 8 heteroatoms. The van der Waals surface area contributed by atoms with Gasteiger partial charge in [-0.2, -0.15) is 0 Å². The first-order valence-electron chi connectivity index (χ1n) is 11.8. The molecule has 0 saturated carbocycles. The molecule has 1 aliphatic carbocycles. The van der Waals surface area contributed by atoms with Crippen LogP contribution in [0.1, 0.15) is 28.6 Å². The van der Waals surface area contributed by atoms with E-state index in [2.05, 4.69) is 33.4 Å². The number of halogens is 1. The third-order valence-corrected chi connectivity index (χ3v) is 6.78. The Morgan fingerprint density at radius 1 is 0.892 bits per heavy atom. The molecule has 2 N–H and O–H groups in total. The van der Waals surface area contributed by atoms with Crippen LogP contribution in [0.15, 0.2) is 93.8 Å². The minimum atomic E-state index is -1.21. The van der Waals surface area contributed by atoms with Gasteiger partial charge in [0.15, 0.2) is 0 Å². The predicted octanol–water partition coefficient (Wildman–Crippen LogP) is 6.16. The highest BCUT2D eigenvalue weighted by Gasteiger charge is 2.30. The van der Waals surface area contributed by atoms with Crippen molar-refractivity contribution in [2.45, 2.75) is 25.0 Å². The molecule has 1 unspecified atom stereocenters. The molecule has 1 aliphatic rings. The fourth-order valence-corrected chi connectivity index (χ4v) is 4.74. The second-order valence-corrected chi connectivity index (χ2v) is 9.59. The Bertz CT molecular complexity index is 1370. The Morgan fingerprint density at radius 2 is 1.51 bits per heavy atom. The van der Waals surface area contributed by atoms with Crippen molar-refractivity contribution in [3.05, 3.63) is 112 Å². The Kier molecular flexibility index (Phi) is 7.28. The molecule has 1 heterocycles. The summed E-state index contributed by atoms with van der Waals surface area (Å²) in [5.41, 5.74) is 4.40. The van der Waals surface area contributed by atoms with Gasteiger partial charge in [-0.25, -0.2) is 9.59 Å². The lowest BCUT2D eigenvalue weighted by molar-refractivity contribution is -0.139. The van der Waals surface area contributed by atoms with Crippen molar-refractivity contribution in [1.82, 2.24) is 5.32 Å². The first-order valence-corrected chi connectivity index (χ1v) is 12.6. The number of aliphatic carboxylic acids is 1. The van der Waals surface area contributed by atoms with Gasteiger partial charge in [0.1, 0.15) is 36.5 Å². The van der Waals surface area contributed by atoms with Crippen molar-refractivity contribution in [3.63, 3.8) is 0 Å². The van der Waals surface area contributed by atoms with Crippen LogP contribution in [0.5, 0.6) is 5.75 Å². The van der Waals surface area contributed by atoms with E-state index < -0.39 is 18.1 Å². The molecule has 1 aromatic heterocycles. The number of hydrogen-bond acceptors (Lipinski definition) is 5. The van der Waals surface area contributed by atoms with Crippen molar-refractivity contribution >= 4 is 28.0 Å². The quantitative estimate of drug-likeness (QED) is 0.254. The molecular formula is C29H24BrNO6. The summed E-state index contributed by atoms with van der Waals surface area (Å²) in [7, 11) is 0. The molecule has 1 amide bonds. The largest absolute Gasteiger partial charge is 0.486 e. The van der Waals surface area contributed by atoms with Crippen LogP contribution in [-0.4, -0.2) is 29.8 Å². The van der Waals surface area contributed by atoms with Crippen LogP contribution < -0.4 is 10.1 Å². The minimum Gasteiger partial charge on any atom is -0.486 e. The molecule has 37 heavy (non-hydrogen) atoms. The van der Waals surface area contributed by atoms with E-state index in [1.807, 2.05) is 60.7 Å². The van der Waals surface area contributed by atoms with Gasteiger partial charge in [0, 0.05) is 16.8 Å². The lowest BCUT2D eigenvalue weighted by Crippen LogP contribution is -2.42. The van der Waals surface area contributed by atoms with E-state index in [9.17, 15) is 14.7 Å². The van der Waals surface area contributed by atoms with Gasteiger partial charge in [-0.3, -0.25) is 0 Å². The Hall–Kier alpha value is -4.04. The number of alkyl carbamates (subject to hydrolysis) is 1. The van der Waals surface area contributed by atoms with Crippen LogP contribution in [-0.2, 0) is 22.6 Å². The lowest BCUT2D eigenvalue weighted by atomic mass is 9.98. The normalized spacial score (nSPS) is 12.9. The van der Waals surface area contributed by atoms with Crippen LogP contribution in [0.3, 0.4) is 0 Å². The maximum atomic E-state index is 12.6. The zero-order valence-corrected chi connectivity index (χ0v) is 21.3. The number of rotatable bonds is 9. The summed E-state index contributed by atoms with van der Waals surface area (Å²) in [5.74, 6) is 0.350. The topological polar surface area (TPSA) is 98.0 Å². The van der Waals surface area contributed by atoms with E-state index in [4.69, 9.17) is 13.9 Å². The number of hydrogen-bond donors (Lipinski definition) is 2. The molecule has 3 aromatic carbocycles. The summed E-state index contributed by atoms with van der Waals surface area (Å²) < 4.78 is 17.8. The molecule has 188 valence electrons. The number of amides is 1. The van der Waals surface area contributed by atoms with E-state index in [-0.39, 0.29) is 25.6 Å². The number of carboxylic acids is 1. The molecule has 7 nitrogen and oxygen atoms in total. The number of fused-ring (bicyclic) bond motifs is 3. The third-order valence-electron chi connectivity index (χ3n) is 6.25. The molecule has 0 radical (unpaired) electrons. The van der Waals surface area contributed by atoms with Gasteiger partial charge < -0.3 is 24.3 Å². The zero-order valence-electron chi connectivity index (χ0n) is 19.7. The van der Waals surface area contributed by atoms with Gasteiger partial charge in [0.05, 0.1) is 0 Å². The number of carbonyl (C=O) groups excluding carboxylic acids is 1. The van der Waals surface area contributed by atoms with Gasteiger partial charge >= 0.3 is 12.1 Å². The summed E-state index contributed by atoms with van der Waals surface area (Å²) in [6.45, 7) is 0.295. The molecule has 0 aliphatic heterocycles. The van der Waals surface area contributed by atoms with Gasteiger partial charge in [-0.15, -0.1) is 0 Å². The zero-order chi connectivity index (χ0) is 25.8. The van der Waals surface area contributed by atoms with E-state index >= 15 is 0 Å². The highest BCUT2D eigenvalue weighted by atomic mass is 79.9. The van der Waals surface area contributed by atoms with Crippen molar-refractivity contribution in [3.8, 4) is 16.9 Å². The van der Waals surface area contributed by atoms with E-state index in [1.165, 1.54) is 0 Å². The van der Waals surface area contributed by atoms with Crippen LogP contribution in [0, 0.1) is 0 Å². The third kappa shape index (κ3) is 5.70. The standard InChI is InChI=1S/C29H24BrNO6/c30-18-9-11-19(12-10-18)35-16-21-14-13-20(37-21)15-27(28(32)33)31-29(34)36-17-26-24-7-3-1-5-22(24)23-6-2-4-8-25(23)26/h1-14,26-27H,15-17H2,(H,31,34)(H,32,33). The summed E-state index contributed by atoms with van der Waals surface area (Å²) in [6.07, 6.45) is -0.822. The van der Waals surface area contributed by atoms with Crippen molar-refractivity contribution in [2.24, 2.45) is 0 Å². The van der Waals surface area contributed by atoms with Gasteiger partial charge in [0.25, 0.3) is 0 Å². The maximum Gasteiger partial charge on any atom is 0.407 e. The fraction of sp³-hybridized carbons (Fsp3) is 0.172. The van der Waals surface area contributed by atoms with Crippen molar-refractivity contribution in [2.75, 3.05) is 6.61 Å². The van der Waals surface area contributed by atoms with Crippen LogP contribution >= 0.6 is 15.9 Å². The Balaban J connectivity index is 1.17. The predicted molar refractivity (Wildman–Crippen MR) is 141 cm³/mol. The number of carboxylic acid groups (broad SMARTS) is 1. The van der Waals surface area contributed by atoms with Crippen molar-refractivity contribution in [1.29, 1.82) is 0 Å². The molecule has 5 rings (SSSR count). The molecule has 0 bridgehead atoms. The van der Waals surface area contributed by atoms with Crippen LogP contribution in [0.4, 0.5) is 4.79 Å². The summed E-state index contributed by atoms with van der Waals surface area (Å²) in [6, 6.07) is 25.6. The maximum absolute atomic E-state index is 12.6. The SMILES string of the molecule is O=C(NC(Cc1ccc(COc2ccc(Br)cc2)o1)C(=O)O)OCC1c2ccccc2-c2ccccc21. The van der Waals surface area contributed by atoms with Gasteiger partial charge in [-0.1, -0.05) is 64.5 Å². The smallest absolute Gasteiger partial charge is 0.407 e. The molecule has 0 spiro atoms. The number of nitrogens with one attached hydrogen (secondary N) is 1. The van der Waals surface area contributed by atoms with E-state index in [0.29, 0.717) is 17.3 Å². The van der Waals surface area contributed by atoms with Gasteiger partial charge in [-0.05, 0) is 58.7 Å². The van der Waals surface area contributed by atoms with Gasteiger partial charge in [0.2, 0.25) is 0 Å². The van der Waals surface area contributed by atoms with E-state index in [1.54, 1.807) is 12.1 Å². The van der Waals surface area contributed by atoms with Crippen molar-refractivity contribution < 1.29 is 28.6 Å². The molecule has 4 aromatic rings. The molecular weight excluding hydrogens is 538 g/mol. The second-order valence-electron chi connectivity index (χ2n) is 8.68. The molecule has 0 saturated heterocycles. The van der Waals surface area contributed by atoms with Crippen LogP contribution in [0.25, 0.3) is 11.1 Å². The number of ether oxygens (including phenoxy) is 2. The monoisotopic (exact) mass is 561 g/mol. The number of carbonyl (C=O) groups is 2. The fourth-order valence-electron chi connectivity index (χ4n) is 4.48. The first kappa shape index (κ1) is 24.6. The highest BCUT2D eigenvalue weighted by Crippen LogP contribution is 2.44. The average molecular weight is 562 g/mol. The molecule has 1 atom stereocenters. The summed E-state index contributed by atoms with van der Waals surface area (Å²) in [5, 5.41) is 12.1. The Labute approximate surface area is 222 Å². The lowest BCUT2D eigenvalue weighted by Gasteiger charge is -2.17. The first-order chi connectivity index (χ1) is 18.0. The summed E-state index contributed by atoms with van der Waals surface area (Å²) >= 11 is 3.38. The Morgan fingerprint density at radius 3 is 2.16 bits per heavy atom.